The van der Waals surface area contributed by atoms with Gasteiger partial charge in [-0.15, -0.1) is 23.1 Å². The van der Waals surface area contributed by atoms with Crippen LogP contribution in [0.5, 0.6) is 0 Å². The molecule has 2 aromatic heterocycles. The molecule has 0 radical (unpaired) electrons. The summed E-state index contributed by atoms with van der Waals surface area (Å²) in [6.45, 7) is 0.680. The van der Waals surface area contributed by atoms with Gasteiger partial charge in [0.05, 0.1) is 5.75 Å². The molecule has 2 N–H and O–H groups in total. The number of aryl methyl sites for hydroxylation is 1. The molecule has 2 heterocycles. The van der Waals surface area contributed by atoms with E-state index >= 15 is 0 Å². The van der Waals surface area contributed by atoms with Gasteiger partial charge in [-0.05, 0) is 17.9 Å². The Morgan fingerprint density at radius 3 is 3.21 bits per heavy atom. The summed E-state index contributed by atoms with van der Waals surface area (Å²) in [5.41, 5.74) is 0. The number of nitrogens with zero attached hydrogens (tertiary/aromatic N) is 2. The first-order chi connectivity index (χ1) is 9.34. The highest BCUT2D eigenvalue weighted by atomic mass is 32.2. The second kappa shape index (κ2) is 7.96. The average Bonchev–Trinajstić information content (AvgIpc) is 3.07. The number of hydrogen-bond acceptors (Lipinski definition) is 5. The van der Waals surface area contributed by atoms with Gasteiger partial charge in [0.25, 0.3) is 0 Å². The molecule has 0 saturated heterocycles. The van der Waals surface area contributed by atoms with Gasteiger partial charge in [-0.2, -0.15) is 5.10 Å². The molecule has 19 heavy (non-hydrogen) atoms. The van der Waals surface area contributed by atoms with Gasteiger partial charge in [0, 0.05) is 23.6 Å². The number of nitrogens with one attached hydrogen (secondary N) is 2. The van der Waals surface area contributed by atoms with Crippen LogP contribution in [0.4, 0.5) is 0 Å². The summed E-state index contributed by atoms with van der Waals surface area (Å²) < 4.78 is 0. The van der Waals surface area contributed by atoms with E-state index in [1.165, 1.54) is 11.2 Å². The van der Waals surface area contributed by atoms with Crippen molar-refractivity contribution in [3.05, 3.63) is 34.5 Å². The third-order valence-corrected chi connectivity index (χ3v) is 4.48. The molecule has 0 aliphatic heterocycles. The summed E-state index contributed by atoms with van der Waals surface area (Å²) in [5.74, 6) is 2.38. The molecule has 0 aliphatic rings. The van der Waals surface area contributed by atoms with Crippen LogP contribution in [0.3, 0.4) is 0 Å². The van der Waals surface area contributed by atoms with E-state index in [-0.39, 0.29) is 5.91 Å². The second-order valence-corrected chi connectivity index (χ2v) is 5.98. The lowest BCUT2D eigenvalue weighted by molar-refractivity contribution is -0.118. The van der Waals surface area contributed by atoms with Gasteiger partial charge in [0.2, 0.25) is 5.91 Å². The lowest BCUT2D eigenvalue weighted by atomic mass is 10.3. The van der Waals surface area contributed by atoms with Gasteiger partial charge >= 0.3 is 0 Å². The van der Waals surface area contributed by atoms with E-state index in [4.69, 9.17) is 0 Å². The minimum Gasteiger partial charge on any atom is -0.355 e. The lowest BCUT2D eigenvalue weighted by Gasteiger charge is -2.03. The zero-order chi connectivity index (χ0) is 13.3. The highest BCUT2D eigenvalue weighted by Gasteiger charge is 2.02. The minimum atomic E-state index is 0.0964. The van der Waals surface area contributed by atoms with E-state index in [1.54, 1.807) is 23.1 Å². The molecule has 1 amide bonds. The van der Waals surface area contributed by atoms with Gasteiger partial charge in [-0.3, -0.25) is 9.89 Å². The van der Waals surface area contributed by atoms with Crippen LogP contribution >= 0.6 is 23.1 Å². The van der Waals surface area contributed by atoms with Gasteiger partial charge in [0.1, 0.15) is 12.2 Å². The van der Waals surface area contributed by atoms with Gasteiger partial charge in [0.15, 0.2) is 0 Å². The Kier molecular flexibility index (Phi) is 5.90. The Hall–Kier alpha value is -1.34. The van der Waals surface area contributed by atoms with Crippen molar-refractivity contribution in [3.63, 3.8) is 0 Å². The van der Waals surface area contributed by atoms with Gasteiger partial charge < -0.3 is 5.32 Å². The van der Waals surface area contributed by atoms with E-state index in [1.807, 2.05) is 6.07 Å². The summed E-state index contributed by atoms with van der Waals surface area (Å²) in [6.07, 6.45) is 3.17. The predicted molar refractivity (Wildman–Crippen MR) is 78.2 cm³/mol. The van der Waals surface area contributed by atoms with Crippen LogP contribution in [0.1, 0.15) is 17.1 Å². The third kappa shape index (κ3) is 5.44. The van der Waals surface area contributed by atoms with Crippen molar-refractivity contribution in [2.75, 3.05) is 12.3 Å². The number of hydrogen-bond donors (Lipinski definition) is 2. The molecule has 102 valence electrons. The van der Waals surface area contributed by atoms with Crippen LogP contribution < -0.4 is 5.32 Å². The van der Waals surface area contributed by atoms with Crippen molar-refractivity contribution in [2.24, 2.45) is 0 Å². The molecule has 2 rings (SSSR count). The smallest absolute Gasteiger partial charge is 0.230 e. The van der Waals surface area contributed by atoms with E-state index in [0.717, 1.165) is 24.4 Å². The molecular formula is C12H16N4OS2. The number of thiophene rings is 1. The fourth-order valence-electron chi connectivity index (χ4n) is 1.52. The summed E-state index contributed by atoms with van der Waals surface area (Å²) >= 11 is 3.37. The third-order valence-electron chi connectivity index (χ3n) is 2.44. The Balaban J connectivity index is 1.50. The molecule has 2 aromatic rings. The van der Waals surface area contributed by atoms with E-state index in [9.17, 15) is 4.79 Å². The number of carbonyl (C=O) groups excluding carboxylic acids is 1. The molecule has 5 nitrogen and oxygen atoms in total. The molecule has 0 bridgehead atoms. The second-order valence-electron chi connectivity index (χ2n) is 3.96. The normalized spacial score (nSPS) is 10.5. The van der Waals surface area contributed by atoms with Gasteiger partial charge in [-0.1, -0.05) is 6.07 Å². The SMILES string of the molecule is O=C(CSCc1cccs1)NCCCc1ncn[nH]1. The molecule has 0 atom stereocenters. The largest absolute Gasteiger partial charge is 0.355 e. The Bertz CT molecular complexity index is 470. The number of H-pyrrole nitrogens is 1. The first kappa shape index (κ1) is 14.1. The standard InChI is InChI=1S/C12H16N4OS2/c17-12(8-18-7-10-3-2-6-19-10)13-5-1-4-11-14-9-15-16-11/h2-3,6,9H,1,4-5,7-8H2,(H,13,17)(H,14,15,16). The van der Waals surface area contributed by atoms with Crippen molar-refractivity contribution >= 4 is 29.0 Å². The van der Waals surface area contributed by atoms with Crippen molar-refractivity contribution in [2.45, 2.75) is 18.6 Å². The quantitative estimate of drug-likeness (QED) is 0.729. The summed E-state index contributed by atoms with van der Waals surface area (Å²) in [7, 11) is 0. The zero-order valence-electron chi connectivity index (χ0n) is 10.5. The van der Waals surface area contributed by atoms with Crippen LogP contribution in [0.25, 0.3) is 0 Å². The molecule has 0 unspecified atom stereocenters. The van der Waals surface area contributed by atoms with Crippen LogP contribution in [0, 0.1) is 0 Å². The molecule has 0 spiro atoms. The van der Waals surface area contributed by atoms with Crippen LogP contribution in [-0.4, -0.2) is 33.4 Å². The maximum absolute atomic E-state index is 11.6. The first-order valence-corrected chi connectivity index (χ1v) is 8.09. The van der Waals surface area contributed by atoms with Crippen molar-refractivity contribution in [1.29, 1.82) is 0 Å². The van der Waals surface area contributed by atoms with E-state index in [0.29, 0.717) is 12.3 Å². The maximum atomic E-state index is 11.6. The average molecular weight is 296 g/mol. The zero-order valence-corrected chi connectivity index (χ0v) is 12.1. The summed E-state index contributed by atoms with van der Waals surface area (Å²) in [6, 6.07) is 4.12. The molecule has 0 fully saturated rings. The Morgan fingerprint density at radius 2 is 2.47 bits per heavy atom. The number of rotatable bonds is 8. The highest BCUT2D eigenvalue weighted by Crippen LogP contribution is 2.16. The summed E-state index contributed by atoms with van der Waals surface area (Å²) in [4.78, 5) is 16.9. The van der Waals surface area contributed by atoms with Gasteiger partial charge in [-0.25, -0.2) is 4.98 Å². The number of carbonyl (C=O) groups is 1. The van der Waals surface area contributed by atoms with Crippen molar-refractivity contribution < 1.29 is 4.79 Å². The van der Waals surface area contributed by atoms with Crippen LogP contribution in [-0.2, 0) is 17.0 Å². The molecule has 0 saturated carbocycles. The topological polar surface area (TPSA) is 70.7 Å². The summed E-state index contributed by atoms with van der Waals surface area (Å²) in [5, 5.41) is 11.5. The Labute approximate surface area is 120 Å². The first-order valence-electron chi connectivity index (χ1n) is 6.05. The maximum Gasteiger partial charge on any atom is 0.230 e. The lowest BCUT2D eigenvalue weighted by Crippen LogP contribution is -2.26. The number of amides is 1. The number of thioether (sulfide) groups is 1. The van der Waals surface area contributed by atoms with E-state index in [2.05, 4.69) is 31.9 Å². The van der Waals surface area contributed by atoms with E-state index < -0.39 is 0 Å². The monoisotopic (exact) mass is 296 g/mol. The fourth-order valence-corrected chi connectivity index (χ4v) is 3.22. The fraction of sp³-hybridized carbons (Fsp3) is 0.417. The molecule has 0 aliphatic carbocycles. The van der Waals surface area contributed by atoms with Crippen molar-refractivity contribution in [1.82, 2.24) is 20.5 Å². The molecule has 0 aromatic carbocycles. The van der Waals surface area contributed by atoms with Crippen molar-refractivity contribution in [3.8, 4) is 0 Å². The predicted octanol–water partition coefficient (Wildman–Crippen LogP) is 1.85. The molecular weight excluding hydrogens is 280 g/mol. The Morgan fingerprint density at radius 1 is 1.53 bits per heavy atom. The van der Waals surface area contributed by atoms with Crippen LogP contribution in [0.15, 0.2) is 23.8 Å². The number of aromatic nitrogens is 3. The molecule has 7 heteroatoms. The van der Waals surface area contributed by atoms with Crippen LogP contribution in [0.2, 0.25) is 0 Å². The highest BCUT2D eigenvalue weighted by molar-refractivity contribution is 7.99. The number of aromatic amines is 1. The minimum absolute atomic E-state index is 0.0964.